The van der Waals surface area contributed by atoms with Gasteiger partial charge in [-0.1, -0.05) is 77.9 Å². The summed E-state index contributed by atoms with van der Waals surface area (Å²) in [7, 11) is 0. The number of hydrogen-bond donors (Lipinski definition) is 0. The van der Waals surface area contributed by atoms with E-state index in [1.807, 2.05) is 68.4 Å². The third kappa shape index (κ3) is 4.59. The van der Waals surface area contributed by atoms with Gasteiger partial charge in [-0.3, -0.25) is 4.79 Å². The maximum absolute atomic E-state index is 12.6. The van der Waals surface area contributed by atoms with Crippen LogP contribution in [0.2, 0.25) is 0 Å². The topological polar surface area (TPSA) is 74.1 Å². The monoisotopic (exact) mass is 411 g/mol. The molecule has 31 heavy (non-hydrogen) atoms. The minimum Gasteiger partial charge on any atom is -0.451 e. The molecule has 0 spiro atoms. The van der Waals surface area contributed by atoms with Crippen molar-refractivity contribution in [3.63, 3.8) is 0 Å². The third-order valence-electron chi connectivity index (χ3n) is 4.81. The third-order valence-corrected chi connectivity index (χ3v) is 4.81. The van der Waals surface area contributed by atoms with Crippen LogP contribution >= 0.6 is 0 Å². The van der Waals surface area contributed by atoms with E-state index in [1.165, 1.54) is 0 Å². The van der Waals surface area contributed by atoms with Crippen LogP contribution in [0, 0.1) is 13.8 Å². The molecule has 0 aliphatic rings. The molecule has 1 aromatic heterocycles. The van der Waals surface area contributed by atoms with E-state index < -0.39 is 5.97 Å². The highest BCUT2D eigenvalue weighted by molar-refractivity contribution is 5.98. The highest BCUT2D eigenvalue weighted by atomic mass is 16.5. The summed E-state index contributed by atoms with van der Waals surface area (Å²) < 4.78 is 6.81. The highest BCUT2D eigenvalue weighted by Crippen LogP contribution is 2.22. The van der Waals surface area contributed by atoms with Crippen LogP contribution in [0.5, 0.6) is 0 Å². The number of nitrogens with zero attached hydrogens (tertiary/aromatic N) is 3. The fraction of sp³-hybridized carbons (Fsp3) is 0.120. The summed E-state index contributed by atoms with van der Waals surface area (Å²) in [6.07, 6.45) is 0. The first-order valence-corrected chi connectivity index (χ1v) is 9.88. The summed E-state index contributed by atoms with van der Waals surface area (Å²) in [4.78, 5) is 29.3. The molecule has 6 heteroatoms. The van der Waals surface area contributed by atoms with Crippen LogP contribution in [0.4, 0.5) is 0 Å². The predicted molar refractivity (Wildman–Crippen MR) is 117 cm³/mol. The Morgan fingerprint density at radius 3 is 2.10 bits per heavy atom. The quantitative estimate of drug-likeness (QED) is 0.343. The van der Waals surface area contributed by atoms with Gasteiger partial charge in [0, 0.05) is 11.1 Å². The summed E-state index contributed by atoms with van der Waals surface area (Å²) in [6, 6.07) is 24.2. The molecule has 0 saturated carbocycles. The van der Waals surface area contributed by atoms with Crippen LogP contribution in [0.1, 0.15) is 32.1 Å². The zero-order valence-corrected chi connectivity index (χ0v) is 17.3. The number of aromatic nitrogens is 3. The number of carbonyl (C=O) groups is 2. The SMILES string of the molecule is Cc1ccc(-c2nc(C(=O)OCC(=O)c3ccccc3)nn2-c2ccc(C)cc2)cc1. The summed E-state index contributed by atoms with van der Waals surface area (Å²) >= 11 is 0. The summed E-state index contributed by atoms with van der Waals surface area (Å²) in [5.41, 5.74) is 4.30. The lowest BCUT2D eigenvalue weighted by atomic mass is 10.1. The van der Waals surface area contributed by atoms with E-state index in [-0.39, 0.29) is 18.2 Å². The number of ether oxygens (including phenoxy) is 1. The molecule has 6 nitrogen and oxygen atoms in total. The van der Waals surface area contributed by atoms with E-state index in [0.717, 1.165) is 22.4 Å². The van der Waals surface area contributed by atoms with Crippen LogP contribution in [0.25, 0.3) is 17.1 Å². The second-order valence-corrected chi connectivity index (χ2v) is 7.24. The number of benzene rings is 3. The van der Waals surface area contributed by atoms with Crippen molar-refractivity contribution < 1.29 is 14.3 Å². The lowest BCUT2D eigenvalue weighted by Crippen LogP contribution is -2.15. The Balaban J connectivity index is 1.62. The van der Waals surface area contributed by atoms with Crippen LogP contribution in [0.15, 0.2) is 78.9 Å². The van der Waals surface area contributed by atoms with Crippen LogP contribution < -0.4 is 0 Å². The largest absolute Gasteiger partial charge is 0.451 e. The second-order valence-electron chi connectivity index (χ2n) is 7.24. The Morgan fingerprint density at radius 2 is 1.45 bits per heavy atom. The van der Waals surface area contributed by atoms with Gasteiger partial charge in [-0.25, -0.2) is 14.5 Å². The molecule has 0 aliphatic carbocycles. The highest BCUT2D eigenvalue weighted by Gasteiger charge is 2.21. The molecule has 4 aromatic rings. The van der Waals surface area contributed by atoms with Crippen molar-refractivity contribution in [1.82, 2.24) is 14.8 Å². The van der Waals surface area contributed by atoms with E-state index in [4.69, 9.17) is 4.74 Å². The van der Waals surface area contributed by atoms with Gasteiger partial charge in [0.15, 0.2) is 18.2 Å². The molecule has 0 N–H and O–H groups in total. The molecule has 3 aromatic carbocycles. The molecule has 0 bridgehead atoms. The number of rotatable bonds is 6. The number of ketones is 1. The van der Waals surface area contributed by atoms with E-state index >= 15 is 0 Å². The smallest absolute Gasteiger partial charge is 0.378 e. The van der Waals surface area contributed by atoms with Crippen LogP contribution in [-0.2, 0) is 4.74 Å². The molecule has 0 aliphatic heterocycles. The molecule has 0 unspecified atom stereocenters. The van der Waals surface area contributed by atoms with Gasteiger partial charge >= 0.3 is 5.97 Å². The lowest BCUT2D eigenvalue weighted by Gasteiger charge is -2.06. The van der Waals surface area contributed by atoms with Crippen molar-refractivity contribution >= 4 is 11.8 Å². The van der Waals surface area contributed by atoms with E-state index in [1.54, 1.807) is 28.9 Å². The Kier molecular flexibility index (Phi) is 5.71. The van der Waals surface area contributed by atoms with Gasteiger partial charge in [-0.2, -0.15) is 0 Å². The maximum atomic E-state index is 12.6. The summed E-state index contributed by atoms with van der Waals surface area (Å²) in [5.74, 6) is -0.614. The second kappa shape index (κ2) is 8.75. The molecule has 0 saturated heterocycles. The molecule has 154 valence electrons. The fourth-order valence-corrected chi connectivity index (χ4v) is 3.06. The molecular weight excluding hydrogens is 390 g/mol. The van der Waals surface area contributed by atoms with Gasteiger partial charge in [-0.15, -0.1) is 5.10 Å². The minimum atomic E-state index is -0.747. The molecule has 4 rings (SSSR count). The first kappa shape index (κ1) is 20.2. The summed E-state index contributed by atoms with van der Waals surface area (Å²) in [5, 5.41) is 4.38. The normalized spacial score (nSPS) is 10.6. The van der Waals surface area contributed by atoms with Crippen LogP contribution in [-0.4, -0.2) is 33.1 Å². The summed E-state index contributed by atoms with van der Waals surface area (Å²) in [6.45, 7) is 3.63. The predicted octanol–water partition coefficient (Wildman–Crippen LogP) is 4.59. The maximum Gasteiger partial charge on any atom is 0.378 e. The first-order valence-electron chi connectivity index (χ1n) is 9.88. The Bertz CT molecular complexity index is 1150. The van der Waals surface area contributed by atoms with Crippen molar-refractivity contribution in [1.29, 1.82) is 0 Å². The van der Waals surface area contributed by atoms with Gasteiger partial charge < -0.3 is 4.74 Å². The minimum absolute atomic E-state index is 0.1000. The van der Waals surface area contributed by atoms with Crippen molar-refractivity contribution in [2.24, 2.45) is 0 Å². The van der Waals surface area contributed by atoms with Crippen LogP contribution in [0.3, 0.4) is 0 Å². The number of esters is 1. The molecule has 0 fully saturated rings. The first-order chi connectivity index (χ1) is 15.0. The van der Waals surface area contributed by atoms with Gasteiger partial charge in [0.05, 0.1) is 5.69 Å². The van der Waals surface area contributed by atoms with Crippen molar-refractivity contribution in [2.45, 2.75) is 13.8 Å². The van der Waals surface area contributed by atoms with Crippen molar-refractivity contribution in [3.8, 4) is 17.1 Å². The van der Waals surface area contributed by atoms with Gasteiger partial charge in [0.1, 0.15) is 0 Å². The van der Waals surface area contributed by atoms with Gasteiger partial charge in [0.2, 0.25) is 0 Å². The Labute approximate surface area is 180 Å². The van der Waals surface area contributed by atoms with E-state index in [2.05, 4.69) is 10.1 Å². The van der Waals surface area contributed by atoms with Crippen molar-refractivity contribution in [3.05, 3.63) is 101 Å². The number of Topliss-reactive ketones (excluding diaryl/α,β-unsaturated/α-hetero) is 1. The fourth-order valence-electron chi connectivity index (χ4n) is 3.06. The lowest BCUT2D eigenvalue weighted by molar-refractivity contribution is 0.0462. The van der Waals surface area contributed by atoms with E-state index in [9.17, 15) is 9.59 Å². The molecule has 0 atom stereocenters. The standard InChI is InChI=1S/C25H21N3O3/c1-17-8-12-20(13-9-17)24-26-23(27-28(24)21-14-10-18(2)11-15-21)25(30)31-16-22(29)19-6-4-3-5-7-19/h3-15H,16H2,1-2H3. The number of carbonyl (C=O) groups excluding carboxylic acids is 2. The van der Waals surface area contributed by atoms with Gasteiger partial charge in [-0.05, 0) is 26.0 Å². The zero-order valence-electron chi connectivity index (χ0n) is 17.3. The Morgan fingerprint density at radius 1 is 0.839 bits per heavy atom. The van der Waals surface area contributed by atoms with E-state index in [0.29, 0.717) is 11.4 Å². The molecule has 0 amide bonds. The molecule has 0 radical (unpaired) electrons. The number of hydrogen-bond acceptors (Lipinski definition) is 5. The zero-order chi connectivity index (χ0) is 21.8. The Hall–Kier alpha value is -4.06. The molecule has 1 heterocycles. The van der Waals surface area contributed by atoms with Gasteiger partial charge in [0.25, 0.3) is 5.82 Å². The van der Waals surface area contributed by atoms with Crippen molar-refractivity contribution in [2.75, 3.05) is 6.61 Å². The average molecular weight is 411 g/mol. The molecular formula is C25H21N3O3. The number of aryl methyl sites for hydroxylation is 2. The average Bonchev–Trinajstić information content (AvgIpc) is 3.24.